The molecule has 2 rings (SSSR count). The maximum Gasteiger partial charge on any atom is 0.313 e. The van der Waals surface area contributed by atoms with Crippen LogP contribution in [0.15, 0.2) is 0 Å². The minimum absolute atomic E-state index is 0.220. The number of esters is 1. The highest BCUT2D eigenvalue weighted by Crippen LogP contribution is 2.29. The van der Waals surface area contributed by atoms with Crippen LogP contribution in [0.25, 0.3) is 0 Å². The number of carbonyl (C=O) groups is 1. The second-order valence-corrected chi connectivity index (χ2v) is 4.81. The first-order valence-electron chi connectivity index (χ1n) is 6.78. The van der Waals surface area contributed by atoms with Crippen molar-refractivity contribution >= 4 is 5.97 Å². The largest absolute Gasteiger partial charge is 0.466 e. The zero-order chi connectivity index (χ0) is 13.0. The van der Waals surface area contributed by atoms with E-state index in [1.165, 1.54) is 19.3 Å². The molecule has 0 radical (unpaired) electrons. The van der Waals surface area contributed by atoms with Gasteiger partial charge in [-0.2, -0.15) is 0 Å². The molecule has 1 aliphatic rings. The lowest BCUT2D eigenvalue weighted by atomic mass is 9.95. The summed E-state index contributed by atoms with van der Waals surface area (Å²) in [7, 11) is 0. The SMILES string of the molecule is CCOC(=O)Cc1nnc(C)n1C1CCCCC1. The first kappa shape index (κ1) is 13.1. The number of aryl methyl sites for hydroxylation is 1. The lowest BCUT2D eigenvalue weighted by Crippen LogP contribution is -2.19. The number of ether oxygens (including phenoxy) is 1. The number of hydrogen-bond acceptors (Lipinski definition) is 4. The molecule has 0 amide bonds. The van der Waals surface area contributed by atoms with Gasteiger partial charge in [0.05, 0.1) is 6.61 Å². The van der Waals surface area contributed by atoms with E-state index in [0.29, 0.717) is 12.6 Å². The van der Waals surface area contributed by atoms with E-state index in [4.69, 9.17) is 4.74 Å². The molecule has 1 aromatic heterocycles. The Kier molecular flexibility index (Phi) is 4.33. The number of carbonyl (C=O) groups excluding carboxylic acids is 1. The van der Waals surface area contributed by atoms with Crippen molar-refractivity contribution < 1.29 is 9.53 Å². The molecule has 0 spiro atoms. The van der Waals surface area contributed by atoms with Gasteiger partial charge in [0, 0.05) is 6.04 Å². The van der Waals surface area contributed by atoms with Crippen molar-refractivity contribution in [3.63, 3.8) is 0 Å². The lowest BCUT2D eigenvalue weighted by Gasteiger charge is -2.25. The van der Waals surface area contributed by atoms with Crippen molar-refractivity contribution in [2.75, 3.05) is 6.61 Å². The van der Waals surface area contributed by atoms with E-state index in [-0.39, 0.29) is 12.4 Å². The molecule has 1 aliphatic carbocycles. The van der Waals surface area contributed by atoms with E-state index < -0.39 is 0 Å². The van der Waals surface area contributed by atoms with Gasteiger partial charge >= 0.3 is 5.97 Å². The quantitative estimate of drug-likeness (QED) is 0.770. The summed E-state index contributed by atoms with van der Waals surface area (Å²) in [6, 6.07) is 0.457. The number of hydrogen-bond donors (Lipinski definition) is 0. The molecule has 0 saturated heterocycles. The highest BCUT2D eigenvalue weighted by Gasteiger charge is 2.22. The number of aromatic nitrogens is 3. The van der Waals surface area contributed by atoms with Gasteiger partial charge < -0.3 is 9.30 Å². The molecule has 0 unspecified atom stereocenters. The molecule has 0 N–H and O–H groups in total. The normalized spacial score (nSPS) is 16.8. The molecule has 1 aromatic rings. The van der Waals surface area contributed by atoms with Crippen LogP contribution >= 0.6 is 0 Å². The standard InChI is InChI=1S/C13H21N3O2/c1-3-18-13(17)9-12-15-14-10(2)16(12)11-7-5-4-6-8-11/h11H,3-9H2,1-2H3. The van der Waals surface area contributed by atoms with Crippen LogP contribution in [0.4, 0.5) is 0 Å². The van der Waals surface area contributed by atoms with Gasteiger partial charge in [0.25, 0.3) is 0 Å². The molecule has 0 bridgehead atoms. The molecule has 1 fully saturated rings. The topological polar surface area (TPSA) is 57.0 Å². The van der Waals surface area contributed by atoms with Crippen LogP contribution in [0.3, 0.4) is 0 Å². The maximum absolute atomic E-state index is 11.6. The molecule has 1 heterocycles. The van der Waals surface area contributed by atoms with Gasteiger partial charge in [-0.05, 0) is 26.7 Å². The molecule has 18 heavy (non-hydrogen) atoms. The third kappa shape index (κ3) is 2.89. The second-order valence-electron chi connectivity index (χ2n) is 4.81. The minimum atomic E-state index is -0.220. The maximum atomic E-state index is 11.6. The summed E-state index contributed by atoms with van der Waals surface area (Å²) < 4.78 is 7.11. The van der Waals surface area contributed by atoms with Crippen molar-refractivity contribution in [3.8, 4) is 0 Å². The van der Waals surface area contributed by atoms with E-state index in [1.54, 1.807) is 0 Å². The summed E-state index contributed by atoms with van der Waals surface area (Å²) >= 11 is 0. The van der Waals surface area contributed by atoms with E-state index in [0.717, 1.165) is 24.5 Å². The number of nitrogens with zero attached hydrogens (tertiary/aromatic N) is 3. The fourth-order valence-electron chi connectivity index (χ4n) is 2.69. The van der Waals surface area contributed by atoms with Gasteiger partial charge in [-0.25, -0.2) is 0 Å². The Hall–Kier alpha value is -1.39. The van der Waals surface area contributed by atoms with Crippen LogP contribution in [0.2, 0.25) is 0 Å². The summed E-state index contributed by atoms with van der Waals surface area (Å²) in [6.45, 7) is 4.18. The number of rotatable bonds is 4. The Balaban J connectivity index is 2.13. The molecular formula is C13H21N3O2. The molecular weight excluding hydrogens is 230 g/mol. The van der Waals surface area contributed by atoms with Crippen LogP contribution < -0.4 is 0 Å². The van der Waals surface area contributed by atoms with Gasteiger partial charge in [0.1, 0.15) is 18.1 Å². The van der Waals surface area contributed by atoms with Gasteiger partial charge in [0.15, 0.2) is 0 Å². The fourth-order valence-corrected chi connectivity index (χ4v) is 2.69. The Labute approximate surface area is 108 Å². The van der Waals surface area contributed by atoms with Gasteiger partial charge in [-0.1, -0.05) is 19.3 Å². The van der Waals surface area contributed by atoms with Crippen LogP contribution in [0.1, 0.15) is 56.7 Å². The Morgan fingerprint density at radius 2 is 2.06 bits per heavy atom. The smallest absolute Gasteiger partial charge is 0.313 e. The molecule has 0 aliphatic heterocycles. The van der Waals surface area contributed by atoms with E-state index >= 15 is 0 Å². The summed E-state index contributed by atoms with van der Waals surface area (Å²) in [5.41, 5.74) is 0. The summed E-state index contributed by atoms with van der Waals surface area (Å²) in [6.07, 6.45) is 6.36. The Morgan fingerprint density at radius 3 is 2.72 bits per heavy atom. The van der Waals surface area contributed by atoms with E-state index in [2.05, 4.69) is 14.8 Å². The average Bonchev–Trinajstić information content (AvgIpc) is 2.72. The molecule has 100 valence electrons. The molecule has 1 saturated carbocycles. The van der Waals surface area contributed by atoms with Gasteiger partial charge in [-0.15, -0.1) is 10.2 Å². The lowest BCUT2D eigenvalue weighted by molar-refractivity contribution is -0.142. The third-order valence-electron chi connectivity index (χ3n) is 3.48. The van der Waals surface area contributed by atoms with Crippen molar-refractivity contribution in [1.29, 1.82) is 0 Å². The Bertz CT molecular complexity index is 408. The predicted octanol–water partition coefficient (Wildman–Crippen LogP) is 2.20. The third-order valence-corrected chi connectivity index (χ3v) is 3.48. The van der Waals surface area contributed by atoms with Crippen LogP contribution in [0.5, 0.6) is 0 Å². The average molecular weight is 251 g/mol. The van der Waals surface area contributed by atoms with E-state index in [9.17, 15) is 4.79 Å². The van der Waals surface area contributed by atoms with Crippen molar-refractivity contribution in [3.05, 3.63) is 11.6 Å². The predicted molar refractivity (Wildman–Crippen MR) is 67.2 cm³/mol. The monoisotopic (exact) mass is 251 g/mol. The van der Waals surface area contributed by atoms with Crippen molar-refractivity contribution in [2.24, 2.45) is 0 Å². The van der Waals surface area contributed by atoms with Crippen molar-refractivity contribution in [1.82, 2.24) is 14.8 Å². The first-order chi connectivity index (χ1) is 8.72. The zero-order valence-corrected chi connectivity index (χ0v) is 11.2. The van der Waals surface area contributed by atoms with Gasteiger partial charge in [-0.3, -0.25) is 4.79 Å². The van der Waals surface area contributed by atoms with E-state index in [1.807, 2.05) is 13.8 Å². The summed E-state index contributed by atoms with van der Waals surface area (Å²) in [5.74, 6) is 1.43. The Morgan fingerprint density at radius 1 is 1.33 bits per heavy atom. The fraction of sp³-hybridized carbons (Fsp3) is 0.769. The van der Waals surface area contributed by atoms with Crippen LogP contribution in [-0.4, -0.2) is 27.3 Å². The summed E-state index contributed by atoms with van der Waals surface area (Å²) in [4.78, 5) is 11.6. The molecule has 5 heteroatoms. The van der Waals surface area contributed by atoms with Crippen LogP contribution in [0, 0.1) is 6.92 Å². The van der Waals surface area contributed by atoms with Crippen LogP contribution in [-0.2, 0) is 16.0 Å². The molecule has 0 atom stereocenters. The summed E-state index contributed by atoms with van der Waals surface area (Å²) in [5, 5.41) is 8.24. The van der Waals surface area contributed by atoms with Crippen molar-refractivity contribution in [2.45, 2.75) is 58.4 Å². The highest BCUT2D eigenvalue weighted by atomic mass is 16.5. The first-order valence-corrected chi connectivity index (χ1v) is 6.78. The second kappa shape index (κ2) is 5.98. The van der Waals surface area contributed by atoms with Gasteiger partial charge in [0.2, 0.25) is 0 Å². The molecule has 5 nitrogen and oxygen atoms in total. The molecule has 0 aromatic carbocycles. The zero-order valence-electron chi connectivity index (χ0n) is 11.2. The highest BCUT2D eigenvalue weighted by molar-refractivity contribution is 5.71. The minimum Gasteiger partial charge on any atom is -0.466 e.